The summed E-state index contributed by atoms with van der Waals surface area (Å²) >= 11 is 0. The average Bonchev–Trinajstić information content (AvgIpc) is 3.73. The lowest BCUT2D eigenvalue weighted by Gasteiger charge is -2.48. The number of para-hydroxylation sites is 2. The van der Waals surface area contributed by atoms with Crippen LogP contribution < -0.4 is 26.8 Å². The summed E-state index contributed by atoms with van der Waals surface area (Å²) in [5.74, 6) is 0. The molecule has 5 aromatic carbocycles. The van der Waals surface area contributed by atoms with Crippen molar-refractivity contribution in [3.8, 4) is 11.4 Å². The number of nitrogens with zero attached hydrogens (tertiary/aromatic N) is 2. The van der Waals surface area contributed by atoms with Gasteiger partial charge in [-0.15, -0.1) is 0 Å². The first-order chi connectivity index (χ1) is 27.0. The lowest BCUT2D eigenvalue weighted by atomic mass is 9.31. The Bertz CT molecular complexity index is 2790. The van der Waals surface area contributed by atoms with Crippen molar-refractivity contribution in [2.45, 2.75) is 116 Å². The summed E-state index contributed by atoms with van der Waals surface area (Å²) < 4.78 is 5.30. The van der Waals surface area contributed by atoms with Gasteiger partial charge in [-0.25, -0.2) is 0 Å². The molecule has 2 aromatic heterocycles. The maximum absolute atomic E-state index is 2.68. The molecule has 0 amide bonds. The Kier molecular flexibility index (Phi) is 7.43. The summed E-state index contributed by atoms with van der Waals surface area (Å²) in [5, 5.41) is 6.22. The van der Waals surface area contributed by atoms with E-state index in [4.69, 9.17) is 0 Å². The maximum Gasteiger partial charge on any atom is 0.241 e. The summed E-state index contributed by atoms with van der Waals surface area (Å²) in [6.07, 6.45) is 9.81. The topological polar surface area (TPSA) is 9.86 Å². The number of fused-ring (bicyclic) bond motifs is 10. The Labute approximate surface area is 335 Å². The van der Waals surface area contributed by atoms with Crippen molar-refractivity contribution >= 4 is 63.4 Å². The predicted molar refractivity (Wildman–Crippen MR) is 243 cm³/mol. The molecule has 0 bridgehead atoms. The van der Waals surface area contributed by atoms with Crippen molar-refractivity contribution < 1.29 is 0 Å². The fourth-order valence-corrected chi connectivity index (χ4v) is 15.7. The highest BCUT2D eigenvalue weighted by molar-refractivity contribution is 7.14. The Hall–Kier alpha value is -4.54. The molecule has 4 aliphatic rings. The van der Waals surface area contributed by atoms with Crippen molar-refractivity contribution in [2.24, 2.45) is 0 Å². The van der Waals surface area contributed by atoms with Gasteiger partial charge < -0.3 is 9.13 Å². The second kappa shape index (κ2) is 12.0. The van der Waals surface area contributed by atoms with Gasteiger partial charge in [0, 0.05) is 39.0 Å². The van der Waals surface area contributed by atoms with E-state index >= 15 is 0 Å². The van der Waals surface area contributed by atoms with Gasteiger partial charge in [-0.2, -0.15) is 0 Å². The van der Waals surface area contributed by atoms with Crippen molar-refractivity contribution in [3.05, 3.63) is 136 Å². The fraction of sp³-hybridized carbons (Fsp3) is 0.346. The molecule has 56 heavy (non-hydrogen) atoms. The second-order valence-electron chi connectivity index (χ2n) is 19.5. The third kappa shape index (κ3) is 4.63. The molecule has 1 unspecified atom stereocenters. The monoisotopic (exact) mass is 746 g/mol. The third-order valence-electron chi connectivity index (χ3n) is 15.1. The highest BCUT2D eigenvalue weighted by Crippen LogP contribution is 2.41. The van der Waals surface area contributed by atoms with Gasteiger partial charge in [-0.3, -0.25) is 0 Å². The third-order valence-corrected chi connectivity index (χ3v) is 19.8. The predicted octanol–water partition coefficient (Wildman–Crippen LogP) is 9.31. The van der Waals surface area contributed by atoms with E-state index < -0.39 is 8.07 Å². The number of aromatic nitrogens is 2. The molecule has 2 nitrogen and oxygen atoms in total. The van der Waals surface area contributed by atoms with E-state index in [1.807, 2.05) is 0 Å². The normalized spacial score (nSPS) is 19.4. The van der Waals surface area contributed by atoms with Gasteiger partial charge in [0.25, 0.3) is 0 Å². The van der Waals surface area contributed by atoms with Gasteiger partial charge in [-0.1, -0.05) is 142 Å². The van der Waals surface area contributed by atoms with Gasteiger partial charge in [0.05, 0.1) is 11.0 Å². The molecule has 4 heteroatoms. The van der Waals surface area contributed by atoms with Crippen LogP contribution in [0.1, 0.15) is 106 Å². The van der Waals surface area contributed by atoms with E-state index in [1.165, 1.54) is 106 Å². The van der Waals surface area contributed by atoms with Crippen LogP contribution in [-0.4, -0.2) is 23.9 Å². The molecule has 0 spiro atoms. The Morgan fingerprint density at radius 3 is 1.80 bits per heavy atom. The molecule has 2 aliphatic carbocycles. The van der Waals surface area contributed by atoms with Gasteiger partial charge >= 0.3 is 0 Å². The van der Waals surface area contributed by atoms with Crippen molar-refractivity contribution in [1.29, 1.82) is 0 Å². The van der Waals surface area contributed by atoms with Crippen molar-refractivity contribution in [3.63, 3.8) is 0 Å². The highest BCUT2D eigenvalue weighted by Gasteiger charge is 2.50. The Morgan fingerprint density at radius 1 is 0.625 bits per heavy atom. The number of aryl methyl sites for hydroxylation is 2. The maximum atomic E-state index is 2.68. The largest absolute Gasteiger partial charge is 0.313 e. The molecular weight excluding hydrogens is 691 g/mol. The van der Waals surface area contributed by atoms with Gasteiger partial charge in [-0.05, 0) is 121 Å². The number of rotatable bonds is 3. The number of hydrogen-bond acceptors (Lipinski definition) is 0. The van der Waals surface area contributed by atoms with E-state index in [0.717, 1.165) is 12.8 Å². The van der Waals surface area contributed by atoms with E-state index in [1.54, 1.807) is 38.0 Å². The smallest absolute Gasteiger partial charge is 0.241 e. The lowest BCUT2D eigenvalue weighted by molar-refractivity contribution is 0.583. The van der Waals surface area contributed by atoms with Gasteiger partial charge in [0.2, 0.25) is 6.71 Å². The summed E-state index contributed by atoms with van der Waals surface area (Å²) in [5.41, 5.74) is 20.8. The number of hydrogen-bond donors (Lipinski definition) is 0. The molecule has 280 valence electrons. The van der Waals surface area contributed by atoms with Crippen LogP contribution in [0.5, 0.6) is 0 Å². The van der Waals surface area contributed by atoms with Crippen LogP contribution in [-0.2, 0) is 36.5 Å². The van der Waals surface area contributed by atoms with E-state index in [0.29, 0.717) is 0 Å². The summed E-state index contributed by atoms with van der Waals surface area (Å²) in [7, 11) is -2.11. The minimum atomic E-state index is -2.11. The molecule has 1 atom stereocenters. The van der Waals surface area contributed by atoms with Crippen LogP contribution >= 0.6 is 0 Å². The minimum absolute atomic E-state index is 0.0596. The molecule has 0 radical (unpaired) electrons. The standard InChI is InChI=1S/C52H55BN2Si/c1-8-56(7)48-28-26-35(55-46-23-15-11-19-38(46)39-20-12-16-24-47(39)55)32-43(48)53-42-27-25-34(54-44-21-13-9-17-36(44)37-18-10-14-22-45(37)54)31-40(42)52(5,6)41-29-33(51(2,3)4)30-49(56)50(41)53/h9,11,13,15,17,19,21,23,25-32H,8,10,12,14,16,18,20,22,24H2,1-7H3. The first-order valence-corrected chi connectivity index (χ1v) is 24.4. The van der Waals surface area contributed by atoms with Gasteiger partial charge in [0.15, 0.2) is 0 Å². The lowest BCUT2D eigenvalue weighted by Crippen LogP contribution is -2.80. The molecule has 11 rings (SSSR count). The molecule has 7 aromatic rings. The van der Waals surface area contributed by atoms with Crippen molar-refractivity contribution in [1.82, 2.24) is 9.13 Å². The van der Waals surface area contributed by atoms with E-state index in [2.05, 4.69) is 154 Å². The zero-order valence-electron chi connectivity index (χ0n) is 34.6. The molecule has 0 saturated heterocycles. The van der Waals surface area contributed by atoms with Crippen LogP contribution in [0.4, 0.5) is 0 Å². The first-order valence-electron chi connectivity index (χ1n) is 21.7. The second-order valence-corrected chi connectivity index (χ2v) is 23.9. The molecule has 0 N–H and O–H groups in total. The van der Waals surface area contributed by atoms with Gasteiger partial charge in [0.1, 0.15) is 8.07 Å². The van der Waals surface area contributed by atoms with Crippen LogP contribution in [0.2, 0.25) is 12.6 Å². The highest BCUT2D eigenvalue weighted by atomic mass is 28.3. The molecular formula is C52H55BN2Si. The quantitative estimate of drug-likeness (QED) is 0.160. The SMILES string of the molecule is CC[Si]1(C)c2ccc(-n3c4c(c5ccccc53)CCCC4)cc2B2c3ccc(-n4c5c(c6ccccc64)CCCC5)cc3C(C)(C)c3cc(C(C)(C)C)cc1c32. The minimum Gasteiger partial charge on any atom is -0.313 e. The zero-order valence-corrected chi connectivity index (χ0v) is 35.6. The Morgan fingerprint density at radius 2 is 1.20 bits per heavy atom. The Balaban J connectivity index is 1.20. The molecule has 4 heterocycles. The summed E-state index contributed by atoms with van der Waals surface area (Å²) in [4.78, 5) is 0. The van der Waals surface area contributed by atoms with Crippen LogP contribution in [0, 0.1) is 0 Å². The summed E-state index contributed by atoms with van der Waals surface area (Å²) in [6.45, 7) is 17.7. The molecule has 2 aliphatic heterocycles. The van der Waals surface area contributed by atoms with E-state index in [-0.39, 0.29) is 17.5 Å². The van der Waals surface area contributed by atoms with E-state index in [9.17, 15) is 0 Å². The molecule has 0 fully saturated rings. The number of benzene rings is 5. The van der Waals surface area contributed by atoms with Crippen molar-refractivity contribution in [2.75, 3.05) is 0 Å². The van der Waals surface area contributed by atoms with Crippen LogP contribution in [0.3, 0.4) is 0 Å². The van der Waals surface area contributed by atoms with Crippen LogP contribution in [0.15, 0.2) is 97.1 Å². The summed E-state index contributed by atoms with van der Waals surface area (Å²) in [6, 6.07) is 40.3. The van der Waals surface area contributed by atoms with Crippen LogP contribution in [0.25, 0.3) is 33.2 Å². The zero-order chi connectivity index (χ0) is 38.3. The first kappa shape index (κ1) is 34.7. The molecule has 0 saturated carbocycles. The fourth-order valence-electron chi connectivity index (χ4n) is 12.0. The average molecular weight is 747 g/mol.